The highest BCUT2D eigenvalue weighted by Crippen LogP contribution is 2.34. The summed E-state index contributed by atoms with van der Waals surface area (Å²) in [7, 11) is 0. The summed E-state index contributed by atoms with van der Waals surface area (Å²) < 4.78 is 0. The largest absolute Gasteiger partial charge is 0.289 e. The third-order valence-electron chi connectivity index (χ3n) is 6.41. The molecule has 13 heteroatoms. The zero-order chi connectivity index (χ0) is 32.4. The number of allylic oxidation sites excluding steroid dienone is 2. The molecule has 0 amide bonds. The van der Waals surface area contributed by atoms with E-state index in [1.165, 1.54) is 25.7 Å². The smallest absolute Gasteiger partial charge is 0.185 e. The molecule has 0 saturated heterocycles. The van der Waals surface area contributed by atoms with Crippen molar-refractivity contribution in [2.24, 2.45) is 26.4 Å². The van der Waals surface area contributed by atoms with Crippen molar-refractivity contribution in [2.75, 3.05) is 13.1 Å². The molecule has 0 aromatic heterocycles. The molecule has 1 saturated carbocycles. The summed E-state index contributed by atoms with van der Waals surface area (Å²) in [4.78, 5) is 24.0. The topological polar surface area (TPSA) is 212 Å². The van der Waals surface area contributed by atoms with E-state index in [9.17, 15) is 4.79 Å². The number of hydrogen-bond acceptors (Lipinski definition) is 5. The van der Waals surface area contributed by atoms with Crippen molar-refractivity contribution in [3.05, 3.63) is 113 Å². The molecule has 2 aromatic rings. The van der Waals surface area contributed by atoms with Crippen LogP contribution in [0.1, 0.15) is 83.3 Å². The number of carbonyl (C=O) groups excluding carboxylic acids is 1. The van der Waals surface area contributed by atoms with Crippen molar-refractivity contribution in [3.8, 4) is 0 Å². The van der Waals surface area contributed by atoms with E-state index in [0.29, 0.717) is 59.6 Å². The highest BCUT2D eigenvalue weighted by molar-refractivity contribution is 6.14. The molecule has 0 heterocycles. The highest BCUT2D eigenvalue weighted by Gasteiger charge is 2.25. The molecule has 0 radical (unpaired) electrons. The molecule has 1 aliphatic carbocycles. The molecular weight excluding hydrogens is 556 g/mol. The maximum atomic E-state index is 13.1. The molecule has 1 aliphatic rings. The van der Waals surface area contributed by atoms with Crippen molar-refractivity contribution >= 4 is 29.3 Å². The van der Waals surface area contributed by atoms with Gasteiger partial charge in [0.05, 0.1) is 0 Å². The second-order valence-electron chi connectivity index (χ2n) is 10.0. The zero-order valence-electron chi connectivity index (χ0n) is 25.7. The fourth-order valence-electron chi connectivity index (χ4n) is 4.29. The van der Waals surface area contributed by atoms with Gasteiger partial charge in [0, 0.05) is 55.3 Å². The molecule has 0 bridgehead atoms. The van der Waals surface area contributed by atoms with Crippen LogP contribution in [0.4, 0.5) is 11.4 Å². The average Bonchev–Trinajstić information content (AvgIpc) is 3.03. The molecule has 0 aliphatic heterocycles. The molecule has 1 atom stereocenters. The van der Waals surface area contributed by atoms with E-state index < -0.39 is 0 Å². The third-order valence-corrected chi connectivity index (χ3v) is 6.41. The molecule has 1 fully saturated rings. The first kappa shape index (κ1) is 36.9. The van der Waals surface area contributed by atoms with Crippen molar-refractivity contribution in [3.63, 3.8) is 0 Å². The molecule has 230 valence electrons. The Morgan fingerprint density at radius 1 is 0.682 bits per heavy atom. The second kappa shape index (κ2) is 23.4. The van der Waals surface area contributed by atoms with E-state index in [0.717, 1.165) is 12.8 Å². The van der Waals surface area contributed by atoms with Gasteiger partial charge in [-0.2, -0.15) is 0 Å². The first-order chi connectivity index (χ1) is 21.4. The maximum absolute atomic E-state index is 13.1. The Morgan fingerprint density at radius 3 is 1.45 bits per heavy atom. The molecule has 0 N–H and O–H groups in total. The first-order valence-corrected chi connectivity index (χ1v) is 14.7. The number of nitrogens with zero attached hydrogens (tertiary/aromatic N) is 12. The Bertz CT molecular complexity index is 1350. The van der Waals surface area contributed by atoms with Gasteiger partial charge in [0.15, 0.2) is 5.78 Å². The molecule has 13 nitrogen and oxygen atoms in total. The summed E-state index contributed by atoms with van der Waals surface area (Å²) in [5.74, 6) is 0.248. The van der Waals surface area contributed by atoms with Crippen LogP contribution in [-0.2, 0) is 4.79 Å². The highest BCUT2D eigenvalue weighted by atomic mass is 16.1. The van der Waals surface area contributed by atoms with Gasteiger partial charge < -0.3 is 0 Å². The summed E-state index contributed by atoms with van der Waals surface area (Å²) >= 11 is 0. The van der Waals surface area contributed by atoms with Crippen LogP contribution in [0.3, 0.4) is 0 Å². The van der Waals surface area contributed by atoms with E-state index >= 15 is 0 Å². The van der Waals surface area contributed by atoms with Crippen molar-refractivity contribution in [1.82, 2.24) is 0 Å². The van der Waals surface area contributed by atoms with E-state index in [1.807, 2.05) is 24.3 Å². The lowest BCUT2D eigenvalue weighted by Crippen LogP contribution is -2.18. The van der Waals surface area contributed by atoms with Gasteiger partial charge in [-0.05, 0) is 77.0 Å². The minimum Gasteiger partial charge on any atom is -0.289 e. The van der Waals surface area contributed by atoms with E-state index in [4.69, 9.17) is 22.1 Å². The molecule has 3 rings (SSSR count). The SMILES string of the molecule is CC1C/C(=C/c2ccccc2N=[N+]=[N-])C(=O)/C(=C/c2ccccc2N=[N+]=[N-])C1.CCCCCN=[N+]=[N-].CCCCCN=[N+]=[N-]. The lowest BCUT2D eigenvalue weighted by atomic mass is 9.80. The van der Waals surface area contributed by atoms with Crippen molar-refractivity contribution in [2.45, 2.75) is 72.1 Å². The van der Waals surface area contributed by atoms with E-state index in [-0.39, 0.29) is 11.7 Å². The van der Waals surface area contributed by atoms with Crippen LogP contribution in [0, 0.1) is 5.92 Å². The van der Waals surface area contributed by atoms with Crippen LogP contribution in [0.5, 0.6) is 0 Å². The number of Topliss-reactive ketones (excluding diaryl/α,β-unsaturated/α-hetero) is 1. The summed E-state index contributed by atoms with van der Waals surface area (Å²) in [5.41, 5.74) is 36.9. The van der Waals surface area contributed by atoms with Gasteiger partial charge in [0.1, 0.15) is 0 Å². The lowest BCUT2D eigenvalue weighted by Gasteiger charge is -2.23. The van der Waals surface area contributed by atoms with Gasteiger partial charge in [-0.1, -0.05) is 115 Å². The van der Waals surface area contributed by atoms with Crippen LogP contribution < -0.4 is 0 Å². The van der Waals surface area contributed by atoms with Crippen molar-refractivity contribution in [1.29, 1.82) is 0 Å². The Kier molecular flexibility index (Phi) is 19.6. The number of rotatable bonds is 12. The van der Waals surface area contributed by atoms with E-state index in [2.05, 4.69) is 60.9 Å². The first-order valence-electron chi connectivity index (χ1n) is 14.7. The van der Waals surface area contributed by atoms with Crippen molar-refractivity contribution < 1.29 is 4.79 Å². The summed E-state index contributed by atoms with van der Waals surface area (Å²) in [6.07, 6.45) is 11.7. The Hall–Kier alpha value is -5.17. The minimum atomic E-state index is -0.0374. The number of unbranched alkanes of at least 4 members (excludes halogenated alkanes) is 4. The molecule has 1 unspecified atom stereocenters. The summed E-state index contributed by atoms with van der Waals surface area (Å²) in [6, 6.07) is 14.3. The summed E-state index contributed by atoms with van der Waals surface area (Å²) in [6.45, 7) is 7.65. The standard InChI is InChI=1S/C21H18N6O.2C5H11N3/c1-14-10-17(12-15-6-2-4-8-19(15)24-26-22)21(28)18(11-14)13-16-7-3-5-9-20(16)25-27-23;2*1-2-3-4-5-7-8-6/h2-9,12-14H,10-11H2,1H3;2*2-5H2,1H3/b17-12-,18-13+;;. The average molecular weight is 597 g/mol. The number of carbonyl (C=O) groups is 1. The molecule has 0 spiro atoms. The van der Waals surface area contributed by atoms with Crippen LogP contribution in [0.15, 0.2) is 80.1 Å². The predicted octanol–water partition coefficient (Wildman–Crippen LogP) is 12.0. The predicted molar refractivity (Wildman–Crippen MR) is 177 cm³/mol. The fraction of sp³-hybridized carbons (Fsp3) is 0.452. The van der Waals surface area contributed by atoms with Crippen LogP contribution >= 0.6 is 0 Å². The van der Waals surface area contributed by atoms with Gasteiger partial charge in [0.25, 0.3) is 0 Å². The number of hydrogen-bond donors (Lipinski definition) is 0. The van der Waals surface area contributed by atoms with Crippen LogP contribution in [0.25, 0.3) is 53.9 Å². The second-order valence-corrected chi connectivity index (χ2v) is 10.0. The van der Waals surface area contributed by atoms with Crippen LogP contribution in [0.2, 0.25) is 0 Å². The molecule has 44 heavy (non-hydrogen) atoms. The number of benzene rings is 2. The Morgan fingerprint density at radius 2 is 1.09 bits per heavy atom. The molecular formula is C31H40N12O. The zero-order valence-corrected chi connectivity index (χ0v) is 25.7. The Balaban J connectivity index is 0.000000498. The van der Waals surface area contributed by atoms with Crippen LogP contribution in [-0.4, -0.2) is 18.9 Å². The van der Waals surface area contributed by atoms with Gasteiger partial charge in [-0.3, -0.25) is 4.79 Å². The number of azide groups is 4. The normalized spacial score (nSPS) is 15.2. The van der Waals surface area contributed by atoms with Gasteiger partial charge in [-0.25, -0.2) is 0 Å². The lowest BCUT2D eigenvalue weighted by molar-refractivity contribution is -0.113. The monoisotopic (exact) mass is 596 g/mol. The van der Waals surface area contributed by atoms with Gasteiger partial charge in [0.2, 0.25) is 0 Å². The Labute approximate surface area is 258 Å². The number of ketones is 1. The fourth-order valence-corrected chi connectivity index (χ4v) is 4.29. The van der Waals surface area contributed by atoms with E-state index in [1.54, 1.807) is 36.4 Å². The van der Waals surface area contributed by atoms with Gasteiger partial charge in [-0.15, -0.1) is 0 Å². The minimum absolute atomic E-state index is 0.0374. The summed E-state index contributed by atoms with van der Waals surface area (Å²) in [5, 5.41) is 14.2. The molecule has 2 aromatic carbocycles. The maximum Gasteiger partial charge on any atom is 0.185 e. The van der Waals surface area contributed by atoms with Gasteiger partial charge >= 0.3 is 0 Å². The third kappa shape index (κ3) is 14.6. The quantitative estimate of drug-likeness (QED) is 0.0754.